The van der Waals surface area contributed by atoms with Crippen LogP contribution in [0.1, 0.15) is 10.5 Å². The smallest absolute Gasteiger partial charge is 0.354 e. The molecule has 0 aliphatic carbocycles. The molecule has 0 spiro atoms. The maximum atomic E-state index is 10.7. The van der Waals surface area contributed by atoms with E-state index < -0.39 is 5.97 Å². The number of halogens is 2. The van der Waals surface area contributed by atoms with Crippen LogP contribution in [0.2, 0.25) is 5.02 Å². The molecule has 2 aromatic rings. The topological polar surface area (TPSA) is 62.2 Å². The summed E-state index contributed by atoms with van der Waals surface area (Å²) in [6, 6.07) is 8.48. The number of nitrogens with one attached hydrogen (secondary N) is 1. The summed E-state index contributed by atoms with van der Waals surface area (Å²) in [5.41, 5.74) is 1.39. The number of pyridine rings is 1. The van der Waals surface area contributed by atoms with Gasteiger partial charge >= 0.3 is 5.97 Å². The van der Waals surface area contributed by atoms with Crippen LogP contribution in [0.5, 0.6) is 0 Å². The summed E-state index contributed by atoms with van der Waals surface area (Å²) in [5, 5.41) is 12.4. The van der Waals surface area contributed by atoms with Gasteiger partial charge in [-0.05, 0) is 30.3 Å². The molecule has 0 radical (unpaired) electrons. The first kappa shape index (κ1) is 12.9. The Morgan fingerprint density at radius 1 is 1.33 bits per heavy atom. The van der Waals surface area contributed by atoms with E-state index in [2.05, 4.69) is 26.2 Å². The number of hydrogen-bond donors (Lipinski definition) is 2. The molecule has 1 aromatic heterocycles. The Morgan fingerprint density at radius 3 is 2.72 bits per heavy atom. The summed E-state index contributed by atoms with van der Waals surface area (Å²) >= 11 is 9.38. The molecule has 0 aliphatic heterocycles. The highest BCUT2D eigenvalue weighted by Crippen LogP contribution is 2.28. The van der Waals surface area contributed by atoms with Gasteiger partial charge in [-0.15, -0.1) is 0 Å². The first-order chi connectivity index (χ1) is 8.56. The molecule has 0 atom stereocenters. The van der Waals surface area contributed by atoms with Gasteiger partial charge in [0.2, 0.25) is 0 Å². The van der Waals surface area contributed by atoms with Gasteiger partial charge < -0.3 is 10.4 Å². The third kappa shape index (κ3) is 3.00. The van der Waals surface area contributed by atoms with E-state index in [9.17, 15) is 4.79 Å². The number of anilines is 2. The van der Waals surface area contributed by atoms with E-state index in [4.69, 9.17) is 16.7 Å². The molecule has 1 heterocycles. The lowest BCUT2D eigenvalue weighted by molar-refractivity contribution is 0.0690. The quantitative estimate of drug-likeness (QED) is 0.896. The minimum atomic E-state index is -1.05. The van der Waals surface area contributed by atoms with Crippen LogP contribution < -0.4 is 5.32 Å². The largest absolute Gasteiger partial charge is 0.477 e. The first-order valence-corrected chi connectivity index (χ1v) is 6.15. The predicted molar refractivity (Wildman–Crippen MR) is 73.6 cm³/mol. The summed E-state index contributed by atoms with van der Waals surface area (Å²) in [6.07, 6.45) is 1.45. The van der Waals surface area contributed by atoms with Crippen molar-refractivity contribution in [1.29, 1.82) is 0 Å². The summed E-state index contributed by atoms with van der Waals surface area (Å²) in [7, 11) is 0. The molecule has 92 valence electrons. The van der Waals surface area contributed by atoms with E-state index in [1.165, 1.54) is 12.3 Å². The molecule has 0 fully saturated rings. The van der Waals surface area contributed by atoms with Gasteiger partial charge in [-0.1, -0.05) is 27.5 Å². The maximum absolute atomic E-state index is 10.7. The van der Waals surface area contributed by atoms with Gasteiger partial charge in [0.1, 0.15) is 5.69 Å². The molecule has 0 unspecified atom stereocenters. The van der Waals surface area contributed by atoms with Gasteiger partial charge in [0.05, 0.1) is 22.6 Å². The normalized spacial score (nSPS) is 10.1. The van der Waals surface area contributed by atoms with Gasteiger partial charge in [-0.25, -0.2) is 9.78 Å². The summed E-state index contributed by atoms with van der Waals surface area (Å²) in [6.45, 7) is 0. The summed E-state index contributed by atoms with van der Waals surface area (Å²) in [4.78, 5) is 14.5. The number of carboxylic acids is 1. The minimum Gasteiger partial charge on any atom is -0.477 e. The van der Waals surface area contributed by atoms with E-state index in [0.29, 0.717) is 10.7 Å². The molecule has 0 bridgehead atoms. The average molecular weight is 328 g/mol. The zero-order chi connectivity index (χ0) is 13.1. The molecule has 0 aliphatic rings. The van der Waals surface area contributed by atoms with Gasteiger partial charge in [0.25, 0.3) is 0 Å². The Labute approximate surface area is 117 Å². The molecule has 0 saturated carbocycles. The highest BCUT2D eigenvalue weighted by atomic mass is 79.9. The molecule has 1 aromatic carbocycles. The number of carboxylic acid groups (broad SMARTS) is 1. The van der Waals surface area contributed by atoms with Crippen LogP contribution in [0.25, 0.3) is 0 Å². The number of rotatable bonds is 3. The average Bonchev–Trinajstić information content (AvgIpc) is 2.34. The number of benzene rings is 1. The van der Waals surface area contributed by atoms with Crippen LogP contribution in [-0.4, -0.2) is 16.1 Å². The third-order valence-corrected chi connectivity index (χ3v) is 3.01. The van der Waals surface area contributed by atoms with E-state index in [1.54, 1.807) is 12.1 Å². The van der Waals surface area contributed by atoms with Gasteiger partial charge in [0, 0.05) is 4.47 Å². The van der Waals surface area contributed by atoms with Crippen LogP contribution >= 0.6 is 27.5 Å². The van der Waals surface area contributed by atoms with E-state index >= 15 is 0 Å². The lowest BCUT2D eigenvalue weighted by Crippen LogP contribution is -2.00. The molecule has 4 nitrogen and oxygen atoms in total. The van der Waals surface area contributed by atoms with Crippen LogP contribution in [0.15, 0.2) is 41.0 Å². The second-order valence-corrected chi connectivity index (χ2v) is 4.81. The van der Waals surface area contributed by atoms with Crippen LogP contribution in [-0.2, 0) is 0 Å². The summed E-state index contributed by atoms with van der Waals surface area (Å²) < 4.78 is 0.893. The van der Waals surface area contributed by atoms with Crippen LogP contribution in [0, 0.1) is 0 Å². The molecule has 2 rings (SSSR count). The fourth-order valence-electron chi connectivity index (χ4n) is 1.34. The van der Waals surface area contributed by atoms with Crippen molar-refractivity contribution < 1.29 is 9.90 Å². The first-order valence-electron chi connectivity index (χ1n) is 4.97. The Morgan fingerprint density at radius 2 is 2.11 bits per heavy atom. The minimum absolute atomic E-state index is 0.000823. The van der Waals surface area contributed by atoms with Crippen molar-refractivity contribution >= 4 is 44.9 Å². The predicted octanol–water partition coefficient (Wildman–Crippen LogP) is 3.94. The van der Waals surface area contributed by atoms with Crippen LogP contribution in [0.3, 0.4) is 0 Å². The second-order valence-electron chi connectivity index (χ2n) is 3.49. The molecule has 0 amide bonds. The van der Waals surface area contributed by atoms with E-state index in [1.807, 2.05) is 12.1 Å². The Hall–Kier alpha value is -1.59. The number of carbonyl (C=O) groups is 1. The van der Waals surface area contributed by atoms with Crippen molar-refractivity contribution in [3.05, 3.63) is 51.7 Å². The highest BCUT2D eigenvalue weighted by molar-refractivity contribution is 9.10. The third-order valence-electron chi connectivity index (χ3n) is 2.19. The van der Waals surface area contributed by atoms with Crippen molar-refractivity contribution in [2.24, 2.45) is 0 Å². The van der Waals surface area contributed by atoms with Gasteiger partial charge in [-0.3, -0.25) is 0 Å². The summed E-state index contributed by atoms with van der Waals surface area (Å²) in [5.74, 6) is -1.05. The van der Waals surface area contributed by atoms with Gasteiger partial charge in [-0.2, -0.15) is 0 Å². The van der Waals surface area contributed by atoms with Gasteiger partial charge in [0.15, 0.2) is 0 Å². The van der Waals surface area contributed by atoms with Crippen molar-refractivity contribution in [3.8, 4) is 0 Å². The van der Waals surface area contributed by atoms with Crippen molar-refractivity contribution in [3.63, 3.8) is 0 Å². The zero-order valence-electron chi connectivity index (χ0n) is 9.02. The zero-order valence-corrected chi connectivity index (χ0v) is 11.4. The van der Waals surface area contributed by atoms with Crippen LogP contribution in [0.4, 0.5) is 11.4 Å². The number of aromatic carboxylic acids is 1. The standard InChI is InChI=1S/C12H8BrClN2O2/c13-7-1-3-9(14)11(5-7)16-8-2-4-10(12(17)18)15-6-8/h1-6,16H,(H,17,18). The molecule has 6 heteroatoms. The number of nitrogens with zero attached hydrogens (tertiary/aromatic N) is 1. The number of aromatic nitrogens is 1. The Bertz CT molecular complexity index is 587. The fourth-order valence-corrected chi connectivity index (χ4v) is 1.87. The van der Waals surface area contributed by atoms with Crippen molar-refractivity contribution in [2.75, 3.05) is 5.32 Å². The SMILES string of the molecule is O=C(O)c1ccc(Nc2cc(Br)ccc2Cl)cn1. The Balaban J connectivity index is 2.23. The molecular formula is C12H8BrClN2O2. The lowest BCUT2D eigenvalue weighted by atomic mass is 10.3. The highest BCUT2D eigenvalue weighted by Gasteiger charge is 2.05. The molecule has 0 saturated heterocycles. The van der Waals surface area contributed by atoms with E-state index in [-0.39, 0.29) is 5.69 Å². The van der Waals surface area contributed by atoms with Crippen molar-refractivity contribution in [2.45, 2.75) is 0 Å². The molecule has 18 heavy (non-hydrogen) atoms. The van der Waals surface area contributed by atoms with E-state index in [0.717, 1.165) is 10.2 Å². The molecular weight excluding hydrogens is 320 g/mol. The Kier molecular flexibility index (Phi) is 3.84. The lowest BCUT2D eigenvalue weighted by Gasteiger charge is -2.08. The maximum Gasteiger partial charge on any atom is 0.354 e. The monoisotopic (exact) mass is 326 g/mol. The van der Waals surface area contributed by atoms with Crippen molar-refractivity contribution in [1.82, 2.24) is 4.98 Å². The fraction of sp³-hybridized carbons (Fsp3) is 0. The number of hydrogen-bond acceptors (Lipinski definition) is 3. The second kappa shape index (κ2) is 5.37. The molecule has 2 N–H and O–H groups in total.